The van der Waals surface area contributed by atoms with Gasteiger partial charge in [0.05, 0.1) is 12.7 Å². The van der Waals surface area contributed by atoms with Crippen LogP contribution < -0.4 is 5.73 Å². The van der Waals surface area contributed by atoms with Gasteiger partial charge in [-0.25, -0.2) is 0 Å². The Hall–Kier alpha value is -1.45. The second-order valence-electron chi connectivity index (χ2n) is 4.69. The van der Waals surface area contributed by atoms with Gasteiger partial charge in [-0.05, 0) is 41.8 Å². The predicted octanol–water partition coefficient (Wildman–Crippen LogP) is 3.67. The normalized spacial score (nSPS) is 18.0. The summed E-state index contributed by atoms with van der Waals surface area (Å²) in [6.07, 6.45) is 1.23. The van der Waals surface area contributed by atoms with Crippen LogP contribution in [0.15, 0.2) is 53.4 Å². The summed E-state index contributed by atoms with van der Waals surface area (Å²) in [5, 5.41) is 0. The van der Waals surface area contributed by atoms with Gasteiger partial charge < -0.3 is 10.5 Å². The number of fused-ring (bicyclic) bond motifs is 1. The highest BCUT2D eigenvalue weighted by Gasteiger charge is 2.20. The number of nitrogens with two attached hydrogens (primary N) is 1. The summed E-state index contributed by atoms with van der Waals surface area (Å²) in [6, 6.07) is 16.6. The molecule has 1 unspecified atom stereocenters. The van der Waals surface area contributed by atoms with Crippen LogP contribution in [0.3, 0.4) is 0 Å². The summed E-state index contributed by atoms with van der Waals surface area (Å²) in [4.78, 5) is 1.24. The Labute approximate surface area is 118 Å². The first-order chi connectivity index (χ1) is 9.33. The van der Waals surface area contributed by atoms with Gasteiger partial charge in [0.2, 0.25) is 0 Å². The fourth-order valence-electron chi connectivity index (χ4n) is 2.35. The monoisotopic (exact) mass is 271 g/mol. The molecular formula is C16H17NOS. The van der Waals surface area contributed by atoms with Crippen molar-refractivity contribution in [2.24, 2.45) is 0 Å². The number of anilines is 1. The molecule has 0 fully saturated rings. The van der Waals surface area contributed by atoms with Crippen molar-refractivity contribution in [2.45, 2.75) is 17.4 Å². The molecule has 1 aliphatic rings. The molecule has 0 saturated carbocycles. The number of benzene rings is 2. The average Bonchev–Trinajstić information content (AvgIpc) is 2.47. The number of hydrogen-bond donors (Lipinski definition) is 1. The van der Waals surface area contributed by atoms with Crippen LogP contribution >= 0.6 is 11.8 Å². The second-order valence-corrected chi connectivity index (χ2v) is 5.78. The Morgan fingerprint density at radius 3 is 2.74 bits per heavy atom. The molecule has 0 aliphatic carbocycles. The molecule has 2 nitrogen and oxygen atoms in total. The van der Waals surface area contributed by atoms with Crippen molar-refractivity contribution in [1.29, 1.82) is 0 Å². The first-order valence-corrected chi connectivity index (χ1v) is 7.49. The summed E-state index contributed by atoms with van der Waals surface area (Å²) in [5.74, 6) is 0.945. The lowest BCUT2D eigenvalue weighted by Gasteiger charge is -2.25. The van der Waals surface area contributed by atoms with Gasteiger partial charge in [-0.2, -0.15) is 0 Å². The van der Waals surface area contributed by atoms with Crippen LogP contribution in [0.2, 0.25) is 0 Å². The van der Waals surface area contributed by atoms with Gasteiger partial charge in [-0.3, -0.25) is 0 Å². The minimum atomic E-state index is 0.201. The fourth-order valence-corrected chi connectivity index (χ4v) is 3.30. The van der Waals surface area contributed by atoms with E-state index in [4.69, 9.17) is 10.5 Å². The lowest BCUT2D eigenvalue weighted by atomic mass is 9.99. The molecule has 3 rings (SSSR count). The van der Waals surface area contributed by atoms with Crippen molar-refractivity contribution >= 4 is 17.4 Å². The van der Waals surface area contributed by atoms with Crippen molar-refractivity contribution < 1.29 is 4.74 Å². The van der Waals surface area contributed by atoms with E-state index in [2.05, 4.69) is 36.4 Å². The van der Waals surface area contributed by atoms with Crippen LogP contribution in [0, 0.1) is 0 Å². The Bertz CT molecular complexity index is 553. The van der Waals surface area contributed by atoms with Gasteiger partial charge in [0, 0.05) is 16.3 Å². The second kappa shape index (κ2) is 5.68. The van der Waals surface area contributed by atoms with Crippen molar-refractivity contribution in [1.82, 2.24) is 0 Å². The van der Waals surface area contributed by atoms with Crippen molar-refractivity contribution in [3.63, 3.8) is 0 Å². The van der Waals surface area contributed by atoms with Crippen LogP contribution in [0.1, 0.15) is 17.2 Å². The van der Waals surface area contributed by atoms with E-state index in [0.717, 1.165) is 24.5 Å². The summed E-state index contributed by atoms with van der Waals surface area (Å²) < 4.78 is 5.90. The van der Waals surface area contributed by atoms with E-state index in [1.54, 1.807) is 0 Å². The Balaban J connectivity index is 1.69. The maximum atomic E-state index is 5.90. The molecule has 0 amide bonds. The van der Waals surface area contributed by atoms with E-state index in [9.17, 15) is 0 Å². The molecular weight excluding hydrogens is 254 g/mol. The van der Waals surface area contributed by atoms with Gasteiger partial charge in [0.1, 0.15) is 0 Å². The van der Waals surface area contributed by atoms with Crippen LogP contribution in [0.5, 0.6) is 0 Å². The van der Waals surface area contributed by atoms with Crippen molar-refractivity contribution in [3.8, 4) is 0 Å². The van der Waals surface area contributed by atoms with E-state index >= 15 is 0 Å². The third-order valence-electron chi connectivity index (χ3n) is 3.37. The van der Waals surface area contributed by atoms with Gasteiger partial charge >= 0.3 is 0 Å². The smallest absolute Gasteiger partial charge is 0.0921 e. The molecule has 98 valence electrons. The number of nitrogen functional groups attached to an aromatic ring is 1. The lowest BCUT2D eigenvalue weighted by molar-refractivity contribution is 0.0588. The van der Waals surface area contributed by atoms with Gasteiger partial charge in [-0.1, -0.05) is 24.3 Å². The summed E-state index contributed by atoms with van der Waals surface area (Å²) >= 11 is 1.82. The standard InChI is InChI=1S/C16H17NOS/c17-13-5-7-14(8-6-13)19-11-16-15-4-2-1-3-12(15)9-10-18-16/h1-8,16H,9-11,17H2. The van der Waals surface area contributed by atoms with Crippen LogP contribution in [0.25, 0.3) is 0 Å². The number of thioether (sulfide) groups is 1. The van der Waals surface area contributed by atoms with Gasteiger partial charge in [-0.15, -0.1) is 11.8 Å². The van der Waals surface area contributed by atoms with Crippen LogP contribution in [-0.2, 0) is 11.2 Å². The Morgan fingerprint density at radius 1 is 1.11 bits per heavy atom. The zero-order valence-electron chi connectivity index (χ0n) is 10.7. The molecule has 0 radical (unpaired) electrons. The molecule has 1 aliphatic heterocycles. The van der Waals surface area contributed by atoms with E-state index < -0.39 is 0 Å². The minimum Gasteiger partial charge on any atom is -0.399 e. The maximum absolute atomic E-state index is 5.90. The van der Waals surface area contributed by atoms with Crippen molar-refractivity contribution in [3.05, 3.63) is 59.7 Å². The average molecular weight is 271 g/mol. The Morgan fingerprint density at radius 2 is 1.89 bits per heavy atom. The van der Waals surface area contributed by atoms with E-state index in [1.807, 2.05) is 23.9 Å². The van der Waals surface area contributed by atoms with Crippen molar-refractivity contribution in [2.75, 3.05) is 18.1 Å². The summed E-state index contributed by atoms with van der Waals surface area (Å²) in [7, 11) is 0. The molecule has 19 heavy (non-hydrogen) atoms. The van der Waals surface area contributed by atoms with E-state index in [0.29, 0.717) is 0 Å². The minimum absolute atomic E-state index is 0.201. The highest BCUT2D eigenvalue weighted by atomic mass is 32.2. The first-order valence-electron chi connectivity index (χ1n) is 6.51. The summed E-state index contributed by atoms with van der Waals surface area (Å²) in [6.45, 7) is 0.823. The predicted molar refractivity (Wildman–Crippen MR) is 80.4 cm³/mol. The molecule has 0 aromatic heterocycles. The first kappa shape index (κ1) is 12.6. The molecule has 0 bridgehead atoms. The highest BCUT2D eigenvalue weighted by molar-refractivity contribution is 7.99. The van der Waals surface area contributed by atoms with E-state index in [1.165, 1.54) is 16.0 Å². The molecule has 3 heteroatoms. The topological polar surface area (TPSA) is 35.2 Å². The molecule has 1 heterocycles. The Kier molecular flexibility index (Phi) is 3.76. The third kappa shape index (κ3) is 2.94. The zero-order chi connectivity index (χ0) is 13.1. The molecule has 2 aromatic carbocycles. The molecule has 2 N–H and O–H groups in total. The van der Waals surface area contributed by atoms with Crippen LogP contribution in [0.4, 0.5) is 5.69 Å². The maximum Gasteiger partial charge on any atom is 0.0921 e. The highest BCUT2D eigenvalue weighted by Crippen LogP contribution is 2.32. The lowest BCUT2D eigenvalue weighted by Crippen LogP contribution is -2.17. The number of rotatable bonds is 3. The third-order valence-corrected chi connectivity index (χ3v) is 4.45. The molecule has 0 spiro atoms. The number of hydrogen-bond acceptors (Lipinski definition) is 3. The quantitative estimate of drug-likeness (QED) is 0.683. The SMILES string of the molecule is Nc1ccc(SCC2OCCc3ccccc32)cc1. The van der Waals surface area contributed by atoms with Crippen LogP contribution in [-0.4, -0.2) is 12.4 Å². The number of ether oxygens (including phenoxy) is 1. The largest absolute Gasteiger partial charge is 0.399 e. The summed E-state index contributed by atoms with van der Waals surface area (Å²) in [5.41, 5.74) is 9.28. The molecule has 0 saturated heterocycles. The van der Waals surface area contributed by atoms with Gasteiger partial charge in [0.25, 0.3) is 0 Å². The zero-order valence-corrected chi connectivity index (χ0v) is 11.5. The molecule has 2 aromatic rings. The molecule has 1 atom stereocenters. The van der Waals surface area contributed by atoms with E-state index in [-0.39, 0.29) is 6.10 Å². The fraction of sp³-hybridized carbons (Fsp3) is 0.250. The van der Waals surface area contributed by atoms with Gasteiger partial charge in [0.15, 0.2) is 0 Å².